The van der Waals surface area contributed by atoms with E-state index >= 15 is 0 Å². The molecule has 178 valence electrons. The van der Waals surface area contributed by atoms with Crippen LogP contribution >= 0.6 is 34.5 Å². The van der Waals surface area contributed by atoms with Crippen molar-refractivity contribution in [1.82, 2.24) is 4.57 Å². The van der Waals surface area contributed by atoms with Crippen molar-refractivity contribution < 1.29 is 9.53 Å². The summed E-state index contributed by atoms with van der Waals surface area (Å²) in [5.74, 6) is -0.546. The number of esters is 1. The number of fused-ring (bicyclic) bond motifs is 1. The van der Waals surface area contributed by atoms with E-state index in [2.05, 4.69) is 6.08 Å². The highest BCUT2D eigenvalue weighted by atomic mass is 35.5. The molecular formula is C27H22Cl2N2O3S. The van der Waals surface area contributed by atoms with Gasteiger partial charge in [0.05, 0.1) is 18.3 Å². The maximum Gasteiger partial charge on any atom is 0.332 e. The number of nitrogens with zero attached hydrogens (tertiary/aromatic N) is 2. The molecule has 0 saturated carbocycles. The molecule has 0 bridgehead atoms. The Kier molecular flexibility index (Phi) is 6.78. The van der Waals surface area contributed by atoms with Crippen molar-refractivity contribution in [1.29, 1.82) is 0 Å². The Morgan fingerprint density at radius 3 is 2.63 bits per heavy atom. The first-order valence-corrected chi connectivity index (χ1v) is 13.0. The summed E-state index contributed by atoms with van der Waals surface area (Å²) in [4.78, 5) is 31.1. The van der Waals surface area contributed by atoms with Crippen LogP contribution in [0.15, 0.2) is 75.2 Å². The number of allylic oxidation sites excluding steroid dienone is 2. The van der Waals surface area contributed by atoms with Crippen molar-refractivity contribution in [3.8, 4) is 0 Å². The van der Waals surface area contributed by atoms with Gasteiger partial charge in [-0.05, 0) is 66.7 Å². The number of hydrogen-bond acceptors (Lipinski definition) is 5. The fraction of sp³-hybridized carbons (Fsp3) is 0.222. The maximum absolute atomic E-state index is 13.5. The smallest absolute Gasteiger partial charge is 0.332 e. The van der Waals surface area contributed by atoms with Crippen molar-refractivity contribution in [3.63, 3.8) is 0 Å². The lowest BCUT2D eigenvalue weighted by atomic mass is 9.84. The number of thiazole rings is 1. The van der Waals surface area contributed by atoms with Crippen LogP contribution in [0.25, 0.3) is 12.2 Å². The van der Waals surface area contributed by atoms with E-state index in [1.165, 1.54) is 17.4 Å². The second-order valence-electron chi connectivity index (χ2n) is 8.27. The van der Waals surface area contributed by atoms with Gasteiger partial charge in [-0.25, -0.2) is 9.79 Å². The van der Waals surface area contributed by atoms with Crippen LogP contribution in [0.5, 0.6) is 0 Å². The molecule has 0 fully saturated rings. The number of benzene rings is 2. The van der Waals surface area contributed by atoms with Gasteiger partial charge in [0, 0.05) is 16.1 Å². The van der Waals surface area contributed by atoms with Crippen LogP contribution in [-0.4, -0.2) is 17.1 Å². The van der Waals surface area contributed by atoms with E-state index in [0.29, 0.717) is 14.8 Å². The zero-order chi connectivity index (χ0) is 24.5. The molecule has 8 heteroatoms. The predicted octanol–water partition coefficient (Wildman–Crippen LogP) is 5.30. The minimum absolute atomic E-state index is 0.237. The van der Waals surface area contributed by atoms with Crippen LogP contribution in [-0.2, 0) is 9.53 Å². The Bertz CT molecular complexity index is 1570. The van der Waals surface area contributed by atoms with Crippen molar-refractivity contribution in [2.24, 2.45) is 4.99 Å². The first-order valence-electron chi connectivity index (χ1n) is 11.4. The van der Waals surface area contributed by atoms with Crippen molar-refractivity contribution in [3.05, 3.63) is 106 Å². The molecule has 1 aromatic heterocycles. The number of ether oxygens (including phenoxy) is 1. The zero-order valence-corrected chi connectivity index (χ0v) is 21.3. The molecule has 3 aromatic rings. The molecule has 35 heavy (non-hydrogen) atoms. The zero-order valence-electron chi connectivity index (χ0n) is 19.0. The maximum atomic E-state index is 13.5. The highest BCUT2D eigenvalue weighted by Gasteiger charge is 2.33. The number of halogens is 2. The average Bonchev–Trinajstić information content (AvgIpc) is 3.15. The molecule has 2 aromatic carbocycles. The summed E-state index contributed by atoms with van der Waals surface area (Å²) in [5.41, 5.74) is 4.45. The Balaban J connectivity index is 1.77. The van der Waals surface area contributed by atoms with Crippen LogP contribution in [0.3, 0.4) is 0 Å². The SMILES string of the molecule is CCOC(=O)/C=c1\sc2n(c1=O)C(c1ccccc1Cl)C1=C(N=2)/C(=C/c2ccccc2Cl)CCC1. The van der Waals surface area contributed by atoms with Gasteiger partial charge in [0.25, 0.3) is 5.56 Å². The molecular weight excluding hydrogens is 503 g/mol. The monoisotopic (exact) mass is 524 g/mol. The fourth-order valence-electron chi connectivity index (χ4n) is 4.60. The van der Waals surface area contributed by atoms with Gasteiger partial charge in [0.2, 0.25) is 0 Å². The van der Waals surface area contributed by atoms with Gasteiger partial charge < -0.3 is 4.74 Å². The highest BCUT2D eigenvalue weighted by molar-refractivity contribution is 7.07. The van der Waals surface area contributed by atoms with E-state index < -0.39 is 12.0 Å². The van der Waals surface area contributed by atoms with E-state index in [9.17, 15) is 9.59 Å². The number of hydrogen-bond donors (Lipinski definition) is 0. The molecule has 0 radical (unpaired) electrons. The van der Waals surface area contributed by atoms with Gasteiger partial charge >= 0.3 is 5.97 Å². The van der Waals surface area contributed by atoms with Crippen LogP contribution in [0, 0.1) is 0 Å². The van der Waals surface area contributed by atoms with Gasteiger partial charge in [0.15, 0.2) is 4.80 Å². The minimum Gasteiger partial charge on any atom is -0.463 e. The summed E-state index contributed by atoms with van der Waals surface area (Å²) in [6.45, 7) is 1.96. The van der Waals surface area contributed by atoms with Crippen molar-refractivity contribution in [2.45, 2.75) is 32.2 Å². The van der Waals surface area contributed by atoms with Gasteiger partial charge in [-0.1, -0.05) is 70.9 Å². The lowest BCUT2D eigenvalue weighted by molar-refractivity contribution is -0.135. The Morgan fingerprint density at radius 2 is 1.89 bits per heavy atom. The summed E-state index contributed by atoms with van der Waals surface area (Å²) in [5, 5.41) is 1.25. The molecule has 0 spiro atoms. The van der Waals surface area contributed by atoms with Gasteiger partial charge in [-0.15, -0.1) is 0 Å². The van der Waals surface area contributed by atoms with Crippen LogP contribution < -0.4 is 14.9 Å². The van der Waals surface area contributed by atoms with Crippen LogP contribution in [0.2, 0.25) is 10.0 Å². The van der Waals surface area contributed by atoms with Crippen molar-refractivity contribution >= 4 is 52.7 Å². The predicted molar refractivity (Wildman–Crippen MR) is 140 cm³/mol. The fourth-order valence-corrected chi connectivity index (χ4v) is 5.99. The third-order valence-corrected chi connectivity index (χ3v) is 7.77. The lowest BCUT2D eigenvalue weighted by Crippen LogP contribution is -2.39. The quantitative estimate of drug-likeness (QED) is 0.434. The van der Waals surface area contributed by atoms with Crippen molar-refractivity contribution in [2.75, 3.05) is 6.61 Å². The van der Waals surface area contributed by atoms with E-state index in [-0.39, 0.29) is 16.7 Å². The third kappa shape index (κ3) is 4.54. The number of aromatic nitrogens is 1. The Morgan fingerprint density at radius 1 is 1.14 bits per heavy atom. The molecule has 2 aliphatic rings. The van der Waals surface area contributed by atoms with Gasteiger partial charge in [0.1, 0.15) is 4.53 Å². The summed E-state index contributed by atoms with van der Waals surface area (Å²) in [7, 11) is 0. The minimum atomic E-state index is -0.546. The van der Waals surface area contributed by atoms with Crippen LogP contribution in [0.4, 0.5) is 0 Å². The van der Waals surface area contributed by atoms with Gasteiger partial charge in [-0.2, -0.15) is 0 Å². The molecule has 1 atom stereocenters. The Hall–Kier alpha value is -2.93. The number of carbonyl (C=O) groups excluding carboxylic acids is 1. The topological polar surface area (TPSA) is 60.7 Å². The van der Waals surface area contributed by atoms with E-state index in [1.807, 2.05) is 48.5 Å². The highest BCUT2D eigenvalue weighted by Crippen LogP contribution is 2.42. The first-order chi connectivity index (χ1) is 17.0. The molecule has 0 N–H and O–H groups in total. The first kappa shape index (κ1) is 23.8. The molecule has 1 aliphatic heterocycles. The third-order valence-electron chi connectivity index (χ3n) is 6.10. The summed E-state index contributed by atoms with van der Waals surface area (Å²) < 4.78 is 6.98. The molecule has 0 amide bonds. The van der Waals surface area contributed by atoms with E-state index in [0.717, 1.165) is 47.2 Å². The summed E-state index contributed by atoms with van der Waals surface area (Å²) in [6.07, 6.45) is 5.88. The summed E-state index contributed by atoms with van der Waals surface area (Å²) >= 11 is 14.3. The normalized spacial score (nSPS) is 18.8. The molecule has 1 unspecified atom stereocenters. The lowest BCUT2D eigenvalue weighted by Gasteiger charge is -2.31. The number of rotatable bonds is 4. The second kappa shape index (κ2) is 9.97. The average molecular weight is 525 g/mol. The standard InChI is InChI=1S/C27H22Cl2N2O3S/c1-2-34-23(32)15-22-26(33)31-25(18-10-4-6-13-21(18)29)19-11-7-9-17(24(19)30-27(31)35-22)14-16-8-3-5-12-20(16)28/h3-6,8,10,12-15,25H,2,7,9,11H2,1H3/b17-14+,22-15-. The molecule has 0 saturated heterocycles. The van der Waals surface area contributed by atoms with E-state index in [4.69, 9.17) is 32.9 Å². The molecule has 5 nitrogen and oxygen atoms in total. The summed E-state index contributed by atoms with van der Waals surface area (Å²) in [6, 6.07) is 14.8. The van der Waals surface area contributed by atoms with Gasteiger partial charge in [-0.3, -0.25) is 9.36 Å². The van der Waals surface area contributed by atoms with Crippen LogP contribution in [0.1, 0.15) is 43.4 Å². The molecule has 5 rings (SSSR count). The Labute approximate surface area is 216 Å². The second-order valence-corrected chi connectivity index (χ2v) is 10.1. The largest absolute Gasteiger partial charge is 0.463 e. The molecule has 2 heterocycles. The number of carbonyl (C=O) groups is 1. The van der Waals surface area contributed by atoms with E-state index in [1.54, 1.807) is 11.5 Å². The molecule has 1 aliphatic carbocycles.